The first-order valence-electron chi connectivity index (χ1n) is 11.6. The number of carbonyl (C=O) groups is 2. The Hall–Kier alpha value is -3.65. The van der Waals surface area contributed by atoms with Crippen LogP contribution in [0, 0.1) is 6.92 Å². The van der Waals surface area contributed by atoms with Crippen molar-refractivity contribution < 1.29 is 24.3 Å². The van der Waals surface area contributed by atoms with Gasteiger partial charge >= 0.3 is 0 Å². The number of likely N-dealkylation sites (N-methyl/N-ethyl adjacent to an activating group) is 1. The Morgan fingerprint density at radius 3 is 2.53 bits per heavy atom. The number of rotatable bonds is 8. The molecule has 178 valence electrons. The van der Waals surface area contributed by atoms with Gasteiger partial charge in [-0.2, -0.15) is 0 Å². The predicted octanol–water partition coefficient (Wildman–Crippen LogP) is 0.800. The molecule has 34 heavy (non-hydrogen) atoms. The molecule has 0 spiro atoms. The number of imidazole rings is 1. The molecule has 1 fully saturated rings. The van der Waals surface area contributed by atoms with E-state index in [1.807, 2.05) is 18.2 Å². The third kappa shape index (κ3) is 3.94. The molecule has 1 aromatic carbocycles. The van der Waals surface area contributed by atoms with E-state index in [0.717, 1.165) is 13.1 Å². The van der Waals surface area contributed by atoms with E-state index >= 15 is 0 Å². The molecule has 3 aromatic rings. The Morgan fingerprint density at radius 1 is 1.12 bits per heavy atom. The SMILES string of the molecule is CC[NH+](CC)CCN1C(=O)C(=O)C(=C([O-])c2c(C)nc3ccccn23)C1c1ccccc1OC. The highest BCUT2D eigenvalue weighted by atomic mass is 16.5. The lowest BCUT2D eigenvalue weighted by molar-refractivity contribution is -0.895. The fourth-order valence-corrected chi connectivity index (χ4v) is 4.71. The Kier molecular flexibility index (Phi) is 6.70. The summed E-state index contributed by atoms with van der Waals surface area (Å²) >= 11 is 0. The molecule has 1 aliphatic heterocycles. The van der Waals surface area contributed by atoms with Gasteiger partial charge in [-0.05, 0) is 39.0 Å². The number of carbonyl (C=O) groups excluding carboxylic acids is 2. The first kappa shape index (κ1) is 23.5. The number of fused-ring (bicyclic) bond motifs is 1. The number of likely N-dealkylation sites (tertiary alicyclic amines) is 1. The van der Waals surface area contributed by atoms with Crippen LogP contribution in [0.4, 0.5) is 0 Å². The van der Waals surface area contributed by atoms with E-state index < -0.39 is 23.5 Å². The summed E-state index contributed by atoms with van der Waals surface area (Å²) in [5, 5.41) is 13.9. The number of pyridine rings is 1. The number of Topliss-reactive ketones (excluding diaryl/α,β-unsaturated/α-hetero) is 1. The van der Waals surface area contributed by atoms with Crippen LogP contribution in [0.5, 0.6) is 5.75 Å². The molecular formula is C26H30N4O4. The average molecular weight is 463 g/mol. The number of benzene rings is 1. The molecule has 4 rings (SSSR count). The molecule has 1 aliphatic rings. The minimum atomic E-state index is -0.827. The number of para-hydroxylation sites is 1. The van der Waals surface area contributed by atoms with Crippen molar-refractivity contribution in [1.29, 1.82) is 0 Å². The van der Waals surface area contributed by atoms with Crippen LogP contribution in [-0.2, 0) is 9.59 Å². The monoisotopic (exact) mass is 462 g/mol. The summed E-state index contributed by atoms with van der Waals surface area (Å²) in [7, 11) is 1.54. The van der Waals surface area contributed by atoms with Gasteiger partial charge in [-0.25, -0.2) is 4.98 Å². The van der Waals surface area contributed by atoms with E-state index in [1.165, 1.54) is 16.9 Å². The Balaban J connectivity index is 1.91. The van der Waals surface area contributed by atoms with Gasteiger partial charge in [0, 0.05) is 17.3 Å². The van der Waals surface area contributed by atoms with Crippen molar-refractivity contribution in [2.75, 3.05) is 33.3 Å². The molecule has 0 bridgehead atoms. The van der Waals surface area contributed by atoms with Crippen LogP contribution in [0.15, 0.2) is 54.2 Å². The van der Waals surface area contributed by atoms with Gasteiger partial charge in [0.05, 0.1) is 50.7 Å². The Labute approximate surface area is 199 Å². The maximum Gasteiger partial charge on any atom is 0.295 e. The van der Waals surface area contributed by atoms with E-state index in [-0.39, 0.29) is 5.57 Å². The number of ketones is 1. The van der Waals surface area contributed by atoms with E-state index in [9.17, 15) is 14.7 Å². The summed E-state index contributed by atoms with van der Waals surface area (Å²) in [5.74, 6) is -1.38. The molecule has 1 atom stereocenters. The number of methoxy groups -OCH3 is 1. The van der Waals surface area contributed by atoms with Crippen LogP contribution in [0.3, 0.4) is 0 Å². The number of hydrogen-bond acceptors (Lipinski definition) is 5. The number of ether oxygens (including phenoxy) is 1. The van der Waals surface area contributed by atoms with Crippen LogP contribution in [0.25, 0.3) is 11.4 Å². The van der Waals surface area contributed by atoms with Crippen LogP contribution in [-0.4, -0.2) is 59.3 Å². The van der Waals surface area contributed by atoms with Crippen LogP contribution in [0.2, 0.25) is 0 Å². The van der Waals surface area contributed by atoms with Crippen molar-refractivity contribution in [2.24, 2.45) is 0 Å². The zero-order valence-electron chi connectivity index (χ0n) is 20.0. The molecule has 1 unspecified atom stereocenters. The number of nitrogens with zero attached hydrogens (tertiary/aromatic N) is 3. The van der Waals surface area contributed by atoms with Gasteiger partial charge < -0.3 is 24.0 Å². The lowest BCUT2D eigenvalue weighted by atomic mass is 9.95. The minimum absolute atomic E-state index is 0.0576. The lowest BCUT2D eigenvalue weighted by Crippen LogP contribution is -3.12. The van der Waals surface area contributed by atoms with E-state index in [2.05, 4.69) is 18.8 Å². The van der Waals surface area contributed by atoms with Gasteiger partial charge in [-0.15, -0.1) is 0 Å². The molecule has 2 aromatic heterocycles. The fraction of sp³-hybridized carbons (Fsp3) is 0.346. The van der Waals surface area contributed by atoms with Crippen molar-refractivity contribution in [3.63, 3.8) is 0 Å². The van der Waals surface area contributed by atoms with Gasteiger partial charge in [0.1, 0.15) is 11.4 Å². The topological polar surface area (TPSA) is 91.4 Å². The summed E-state index contributed by atoms with van der Waals surface area (Å²) < 4.78 is 7.23. The first-order valence-corrected chi connectivity index (χ1v) is 11.6. The number of aryl methyl sites for hydroxylation is 1. The number of hydrogen-bond donors (Lipinski definition) is 1. The van der Waals surface area contributed by atoms with Gasteiger partial charge in [0.2, 0.25) is 5.78 Å². The van der Waals surface area contributed by atoms with E-state index in [4.69, 9.17) is 4.74 Å². The zero-order valence-corrected chi connectivity index (χ0v) is 20.0. The normalized spacial score (nSPS) is 17.8. The second-order valence-corrected chi connectivity index (χ2v) is 8.40. The smallest absolute Gasteiger partial charge is 0.295 e. The second-order valence-electron chi connectivity index (χ2n) is 8.40. The highest BCUT2D eigenvalue weighted by molar-refractivity contribution is 6.46. The quantitative estimate of drug-likeness (QED) is 0.304. The van der Waals surface area contributed by atoms with Gasteiger partial charge in [-0.1, -0.05) is 30.0 Å². The largest absolute Gasteiger partial charge is 0.871 e. The Bertz CT molecular complexity index is 1260. The molecule has 1 N–H and O–H groups in total. The number of quaternary nitrogens is 1. The molecule has 8 nitrogen and oxygen atoms in total. The molecule has 0 radical (unpaired) electrons. The summed E-state index contributed by atoms with van der Waals surface area (Å²) in [6.45, 7) is 8.75. The fourth-order valence-electron chi connectivity index (χ4n) is 4.71. The van der Waals surface area contributed by atoms with Gasteiger partial charge in [0.25, 0.3) is 5.91 Å². The Morgan fingerprint density at radius 2 is 1.82 bits per heavy atom. The molecule has 1 amide bonds. The predicted molar refractivity (Wildman–Crippen MR) is 126 cm³/mol. The molecule has 1 saturated heterocycles. The molecule has 8 heteroatoms. The maximum atomic E-state index is 13.9. The van der Waals surface area contributed by atoms with Gasteiger partial charge in [-0.3, -0.25) is 9.59 Å². The molecule has 3 heterocycles. The van der Waals surface area contributed by atoms with Gasteiger partial charge in [0.15, 0.2) is 0 Å². The minimum Gasteiger partial charge on any atom is -0.871 e. The van der Waals surface area contributed by atoms with Crippen molar-refractivity contribution in [3.8, 4) is 5.75 Å². The van der Waals surface area contributed by atoms with Crippen molar-refractivity contribution in [2.45, 2.75) is 26.8 Å². The number of amides is 1. The zero-order chi connectivity index (χ0) is 24.4. The second kappa shape index (κ2) is 9.69. The van der Waals surface area contributed by atoms with Crippen LogP contribution in [0.1, 0.15) is 36.8 Å². The highest BCUT2D eigenvalue weighted by Gasteiger charge is 2.45. The van der Waals surface area contributed by atoms with Crippen molar-refractivity contribution >= 4 is 23.1 Å². The summed E-state index contributed by atoms with van der Waals surface area (Å²) in [6.07, 6.45) is 1.74. The lowest BCUT2D eigenvalue weighted by Gasteiger charge is -2.29. The standard InChI is InChI=1S/C26H30N4O4/c1-5-28(6-2)15-16-30-23(18-11-7-8-12-19(18)34-4)21(25(32)26(30)33)24(31)22-17(3)27-20-13-9-10-14-29(20)22/h7-14,23,31H,5-6,15-16H2,1-4H3. The first-order chi connectivity index (χ1) is 16.4. The summed E-state index contributed by atoms with van der Waals surface area (Å²) in [5.41, 5.74) is 1.97. The van der Waals surface area contributed by atoms with Crippen molar-refractivity contribution in [1.82, 2.24) is 14.3 Å². The van der Waals surface area contributed by atoms with E-state index in [1.54, 1.807) is 41.8 Å². The summed E-state index contributed by atoms with van der Waals surface area (Å²) in [4.78, 5) is 33.9. The highest BCUT2D eigenvalue weighted by Crippen LogP contribution is 2.42. The van der Waals surface area contributed by atoms with E-state index in [0.29, 0.717) is 41.4 Å². The summed E-state index contributed by atoms with van der Waals surface area (Å²) in [6, 6.07) is 11.8. The van der Waals surface area contributed by atoms with Crippen LogP contribution >= 0.6 is 0 Å². The number of nitrogens with one attached hydrogen (secondary N) is 1. The molecular weight excluding hydrogens is 432 g/mol. The van der Waals surface area contributed by atoms with Crippen LogP contribution < -0.4 is 14.7 Å². The van der Waals surface area contributed by atoms with Crippen molar-refractivity contribution in [3.05, 3.63) is 71.2 Å². The maximum absolute atomic E-state index is 13.9. The number of aromatic nitrogens is 2. The third-order valence-electron chi connectivity index (χ3n) is 6.59. The molecule has 0 aliphatic carbocycles. The average Bonchev–Trinajstić information content (AvgIpc) is 3.32. The third-order valence-corrected chi connectivity index (χ3v) is 6.59. The molecule has 0 saturated carbocycles.